The minimum atomic E-state index is -0.365. The molecule has 1 N–H and O–H groups in total. The van der Waals surface area contributed by atoms with Crippen LogP contribution in [0.15, 0.2) is 18.2 Å². The number of nitrogens with one attached hydrogen (secondary N) is 1. The van der Waals surface area contributed by atoms with Crippen LogP contribution < -0.4 is 14.8 Å². The summed E-state index contributed by atoms with van der Waals surface area (Å²) in [7, 11) is 4.39. The lowest BCUT2D eigenvalue weighted by Gasteiger charge is -2.24. The van der Waals surface area contributed by atoms with Crippen LogP contribution in [0.5, 0.6) is 11.5 Å². The Kier molecular flexibility index (Phi) is 5.27. The van der Waals surface area contributed by atoms with Crippen molar-refractivity contribution in [2.45, 2.75) is 13.0 Å². The molecule has 0 bridgehead atoms. The molecule has 0 aliphatic carbocycles. The molecule has 2 aromatic rings. The number of methoxy groups -OCH3 is 3. The SMILES string of the molecule is COC(=O)N1CCc2nc(NC(=O)c3cc(OC)ccc3OC)sc2C1. The number of benzene rings is 1. The molecule has 26 heavy (non-hydrogen) atoms. The normalized spacial score (nSPS) is 13.0. The maximum atomic E-state index is 12.6. The highest BCUT2D eigenvalue weighted by atomic mass is 32.1. The Morgan fingerprint density at radius 2 is 2.04 bits per heavy atom. The maximum absolute atomic E-state index is 12.6. The van der Waals surface area contributed by atoms with Gasteiger partial charge < -0.3 is 19.1 Å². The molecule has 0 saturated heterocycles. The van der Waals surface area contributed by atoms with E-state index in [0.717, 1.165) is 10.6 Å². The van der Waals surface area contributed by atoms with Crippen molar-refractivity contribution in [2.24, 2.45) is 0 Å². The number of ether oxygens (including phenoxy) is 3. The van der Waals surface area contributed by atoms with Gasteiger partial charge in [0.25, 0.3) is 5.91 Å². The Bertz CT molecular complexity index is 836. The summed E-state index contributed by atoms with van der Waals surface area (Å²) >= 11 is 1.35. The van der Waals surface area contributed by atoms with Crippen LogP contribution in [0.1, 0.15) is 20.9 Å². The minimum Gasteiger partial charge on any atom is -0.497 e. The van der Waals surface area contributed by atoms with Crippen LogP contribution in [-0.4, -0.2) is 49.8 Å². The number of carbonyl (C=O) groups is 2. The van der Waals surface area contributed by atoms with E-state index in [0.29, 0.717) is 41.7 Å². The smallest absolute Gasteiger partial charge is 0.409 e. The first-order valence-corrected chi connectivity index (χ1v) is 8.72. The summed E-state index contributed by atoms with van der Waals surface area (Å²) in [6, 6.07) is 5.01. The van der Waals surface area contributed by atoms with Gasteiger partial charge in [-0.05, 0) is 18.2 Å². The van der Waals surface area contributed by atoms with E-state index in [1.165, 1.54) is 32.7 Å². The summed E-state index contributed by atoms with van der Waals surface area (Å²) in [6.45, 7) is 0.971. The molecule has 0 spiro atoms. The van der Waals surface area contributed by atoms with E-state index in [2.05, 4.69) is 10.3 Å². The molecule has 1 aliphatic heterocycles. The van der Waals surface area contributed by atoms with Gasteiger partial charge in [0.2, 0.25) is 0 Å². The first-order valence-electron chi connectivity index (χ1n) is 7.90. The van der Waals surface area contributed by atoms with Crippen molar-refractivity contribution < 1.29 is 23.8 Å². The third-order valence-electron chi connectivity index (χ3n) is 4.04. The third kappa shape index (κ3) is 3.57. The van der Waals surface area contributed by atoms with Gasteiger partial charge >= 0.3 is 6.09 Å². The number of aromatic nitrogens is 1. The van der Waals surface area contributed by atoms with E-state index < -0.39 is 0 Å². The highest BCUT2D eigenvalue weighted by Crippen LogP contribution is 2.30. The third-order valence-corrected chi connectivity index (χ3v) is 5.03. The van der Waals surface area contributed by atoms with Crippen LogP contribution in [0.2, 0.25) is 0 Å². The second-order valence-electron chi connectivity index (χ2n) is 5.55. The lowest BCUT2D eigenvalue weighted by atomic mass is 10.1. The Balaban J connectivity index is 1.78. The molecule has 0 unspecified atom stereocenters. The average Bonchev–Trinajstić information content (AvgIpc) is 3.07. The van der Waals surface area contributed by atoms with E-state index >= 15 is 0 Å². The Morgan fingerprint density at radius 3 is 2.73 bits per heavy atom. The predicted octanol–water partition coefficient (Wildman–Crippen LogP) is 2.54. The monoisotopic (exact) mass is 377 g/mol. The molecule has 0 atom stereocenters. The van der Waals surface area contributed by atoms with Crippen molar-refractivity contribution in [1.29, 1.82) is 0 Å². The van der Waals surface area contributed by atoms with Gasteiger partial charge in [0.05, 0.1) is 39.1 Å². The zero-order valence-electron chi connectivity index (χ0n) is 14.7. The second-order valence-corrected chi connectivity index (χ2v) is 6.63. The van der Waals surface area contributed by atoms with E-state index in [1.807, 2.05) is 0 Å². The largest absolute Gasteiger partial charge is 0.497 e. The summed E-state index contributed by atoms with van der Waals surface area (Å²) in [4.78, 5) is 31.3. The Morgan fingerprint density at radius 1 is 1.23 bits per heavy atom. The molecule has 1 aliphatic rings. The Labute approximate surface area is 154 Å². The highest BCUT2D eigenvalue weighted by Gasteiger charge is 2.25. The fourth-order valence-electron chi connectivity index (χ4n) is 2.69. The first kappa shape index (κ1) is 18.0. The van der Waals surface area contributed by atoms with Crippen molar-refractivity contribution in [3.8, 4) is 11.5 Å². The number of carbonyl (C=O) groups excluding carboxylic acids is 2. The number of anilines is 1. The van der Waals surface area contributed by atoms with Crippen molar-refractivity contribution in [1.82, 2.24) is 9.88 Å². The van der Waals surface area contributed by atoms with Gasteiger partial charge in [-0.15, -0.1) is 0 Å². The molecule has 3 rings (SSSR count). The van der Waals surface area contributed by atoms with Crippen LogP contribution in [-0.2, 0) is 17.7 Å². The molecule has 0 saturated carbocycles. The quantitative estimate of drug-likeness (QED) is 0.881. The standard InChI is InChI=1S/C17H19N3O5S/c1-23-10-4-5-13(24-2)11(8-10)15(21)19-16-18-12-6-7-20(17(22)25-3)9-14(12)26-16/h4-5,8H,6-7,9H2,1-3H3,(H,18,19,21). The van der Waals surface area contributed by atoms with E-state index in [-0.39, 0.29) is 12.0 Å². The number of amides is 2. The molecule has 0 radical (unpaired) electrons. The van der Waals surface area contributed by atoms with Gasteiger partial charge in [0, 0.05) is 17.8 Å². The number of fused-ring (bicyclic) bond motifs is 1. The number of hydrogen-bond acceptors (Lipinski definition) is 7. The summed E-state index contributed by atoms with van der Waals surface area (Å²) in [5.41, 5.74) is 1.25. The summed E-state index contributed by atoms with van der Waals surface area (Å²) in [5.74, 6) is 0.668. The molecule has 138 valence electrons. The molecule has 0 fully saturated rings. The molecule has 1 aromatic heterocycles. The molecule has 2 heterocycles. The van der Waals surface area contributed by atoms with E-state index in [4.69, 9.17) is 14.2 Å². The van der Waals surface area contributed by atoms with Crippen molar-refractivity contribution in [2.75, 3.05) is 33.2 Å². The van der Waals surface area contributed by atoms with Crippen LogP contribution in [0.3, 0.4) is 0 Å². The molecule has 2 amide bonds. The van der Waals surface area contributed by atoms with Crippen LogP contribution in [0.4, 0.5) is 9.93 Å². The van der Waals surface area contributed by atoms with E-state index in [1.54, 1.807) is 23.1 Å². The fraction of sp³-hybridized carbons (Fsp3) is 0.353. The minimum absolute atomic E-state index is 0.336. The molecular formula is C17H19N3O5S. The van der Waals surface area contributed by atoms with Gasteiger partial charge in [0.1, 0.15) is 11.5 Å². The Hall–Kier alpha value is -2.81. The van der Waals surface area contributed by atoms with Gasteiger partial charge in [-0.3, -0.25) is 10.1 Å². The summed E-state index contributed by atoms with van der Waals surface area (Å²) < 4.78 is 15.2. The van der Waals surface area contributed by atoms with Gasteiger partial charge in [0.15, 0.2) is 5.13 Å². The molecule has 8 nitrogen and oxygen atoms in total. The van der Waals surface area contributed by atoms with Crippen molar-refractivity contribution >= 4 is 28.5 Å². The van der Waals surface area contributed by atoms with Gasteiger partial charge in [-0.1, -0.05) is 11.3 Å². The van der Waals surface area contributed by atoms with Crippen LogP contribution in [0, 0.1) is 0 Å². The second kappa shape index (κ2) is 7.61. The van der Waals surface area contributed by atoms with E-state index in [9.17, 15) is 9.59 Å². The van der Waals surface area contributed by atoms with Crippen LogP contribution >= 0.6 is 11.3 Å². The fourth-order valence-corrected chi connectivity index (χ4v) is 3.71. The maximum Gasteiger partial charge on any atom is 0.409 e. The number of rotatable bonds is 4. The van der Waals surface area contributed by atoms with Crippen LogP contribution in [0.25, 0.3) is 0 Å². The average molecular weight is 377 g/mol. The number of thiazole rings is 1. The highest BCUT2D eigenvalue weighted by molar-refractivity contribution is 7.15. The summed E-state index contributed by atoms with van der Waals surface area (Å²) in [6.07, 6.45) is 0.259. The lowest BCUT2D eigenvalue weighted by Crippen LogP contribution is -2.35. The first-order chi connectivity index (χ1) is 12.5. The zero-order chi connectivity index (χ0) is 18.7. The lowest BCUT2D eigenvalue weighted by molar-refractivity contribution is 0.102. The van der Waals surface area contributed by atoms with Crippen molar-refractivity contribution in [3.05, 3.63) is 34.3 Å². The molecular weight excluding hydrogens is 358 g/mol. The number of nitrogens with zero attached hydrogens (tertiary/aromatic N) is 2. The molecule has 1 aromatic carbocycles. The summed E-state index contributed by atoms with van der Waals surface area (Å²) in [5, 5.41) is 3.28. The van der Waals surface area contributed by atoms with Gasteiger partial charge in [-0.25, -0.2) is 9.78 Å². The zero-order valence-corrected chi connectivity index (χ0v) is 15.5. The molecule has 9 heteroatoms. The van der Waals surface area contributed by atoms with Crippen molar-refractivity contribution in [3.63, 3.8) is 0 Å². The topological polar surface area (TPSA) is 90.0 Å². The number of hydrogen-bond donors (Lipinski definition) is 1. The van der Waals surface area contributed by atoms with Gasteiger partial charge in [-0.2, -0.15) is 0 Å². The predicted molar refractivity (Wildman–Crippen MR) is 96.1 cm³/mol.